The van der Waals surface area contributed by atoms with Crippen molar-refractivity contribution < 1.29 is 14.3 Å². The van der Waals surface area contributed by atoms with Gasteiger partial charge in [-0.3, -0.25) is 9.59 Å². The summed E-state index contributed by atoms with van der Waals surface area (Å²) < 4.78 is 5.23. The molecule has 32 heavy (non-hydrogen) atoms. The molecular formula is C29H24O3. The monoisotopic (exact) mass is 420 g/mol. The van der Waals surface area contributed by atoms with Crippen molar-refractivity contribution in [2.45, 2.75) is 5.92 Å². The quantitative estimate of drug-likeness (QED) is 0.251. The molecule has 4 rings (SSSR count). The molecule has 0 aliphatic carbocycles. The van der Waals surface area contributed by atoms with E-state index < -0.39 is 11.8 Å². The zero-order chi connectivity index (χ0) is 22.3. The van der Waals surface area contributed by atoms with Crippen molar-refractivity contribution >= 4 is 11.6 Å². The number of ketones is 2. The predicted molar refractivity (Wildman–Crippen MR) is 126 cm³/mol. The highest BCUT2D eigenvalue weighted by Gasteiger charge is 2.37. The Morgan fingerprint density at radius 1 is 0.562 bits per heavy atom. The van der Waals surface area contributed by atoms with Gasteiger partial charge in [0.2, 0.25) is 0 Å². The Labute approximate surface area is 188 Å². The standard InChI is InChI=1S/C29H24O3/c1-32-25-19-17-24(18-20-25)29(31)27(28(30)23-15-9-4-10-16-23)26(21-11-5-2-6-12-21)22-13-7-3-8-14-22/h2-20,26-27H,1H3. The van der Waals surface area contributed by atoms with Gasteiger partial charge >= 0.3 is 0 Å². The van der Waals surface area contributed by atoms with Crippen molar-refractivity contribution in [3.8, 4) is 5.75 Å². The highest BCUT2D eigenvalue weighted by atomic mass is 16.5. The van der Waals surface area contributed by atoms with Gasteiger partial charge in [-0.15, -0.1) is 0 Å². The molecule has 0 aromatic heterocycles. The third-order valence-corrected chi connectivity index (χ3v) is 5.65. The molecule has 0 fully saturated rings. The minimum atomic E-state index is -0.907. The smallest absolute Gasteiger partial charge is 0.174 e. The fourth-order valence-electron chi connectivity index (χ4n) is 4.04. The zero-order valence-corrected chi connectivity index (χ0v) is 17.8. The molecule has 0 aliphatic rings. The maximum absolute atomic E-state index is 13.9. The molecule has 3 nitrogen and oxygen atoms in total. The van der Waals surface area contributed by atoms with Gasteiger partial charge in [0, 0.05) is 17.0 Å². The highest BCUT2D eigenvalue weighted by molar-refractivity contribution is 6.17. The van der Waals surface area contributed by atoms with Gasteiger partial charge in [0.15, 0.2) is 11.6 Å². The van der Waals surface area contributed by atoms with Crippen LogP contribution in [0.2, 0.25) is 0 Å². The van der Waals surface area contributed by atoms with Crippen LogP contribution in [0.5, 0.6) is 5.75 Å². The summed E-state index contributed by atoms with van der Waals surface area (Å²) in [5, 5.41) is 0. The van der Waals surface area contributed by atoms with E-state index in [-0.39, 0.29) is 11.6 Å². The van der Waals surface area contributed by atoms with Crippen molar-refractivity contribution in [3.05, 3.63) is 138 Å². The molecule has 1 atom stereocenters. The molecule has 4 aromatic carbocycles. The number of Topliss-reactive ketones (excluding diaryl/α,β-unsaturated/α-hetero) is 2. The van der Waals surface area contributed by atoms with E-state index in [9.17, 15) is 9.59 Å². The third-order valence-electron chi connectivity index (χ3n) is 5.65. The Kier molecular flexibility index (Phi) is 6.57. The normalized spacial score (nSPS) is 11.7. The van der Waals surface area contributed by atoms with Gasteiger partial charge < -0.3 is 4.74 Å². The van der Waals surface area contributed by atoms with Crippen molar-refractivity contribution in [2.75, 3.05) is 7.11 Å². The van der Waals surface area contributed by atoms with Crippen LogP contribution in [0.3, 0.4) is 0 Å². The van der Waals surface area contributed by atoms with Crippen molar-refractivity contribution in [3.63, 3.8) is 0 Å². The molecule has 0 bridgehead atoms. The van der Waals surface area contributed by atoms with Crippen molar-refractivity contribution in [1.29, 1.82) is 0 Å². The van der Waals surface area contributed by atoms with Crippen molar-refractivity contribution in [1.82, 2.24) is 0 Å². The molecule has 0 radical (unpaired) electrons. The number of carbonyl (C=O) groups excluding carboxylic acids is 2. The SMILES string of the molecule is COc1ccc(C(=O)C(C(=O)c2ccccc2)C(c2ccccc2)c2ccccc2)cc1. The topological polar surface area (TPSA) is 43.4 Å². The summed E-state index contributed by atoms with van der Waals surface area (Å²) in [6.45, 7) is 0. The molecule has 0 amide bonds. The van der Waals surface area contributed by atoms with Crippen LogP contribution in [0, 0.1) is 5.92 Å². The number of rotatable bonds is 8. The molecule has 0 saturated heterocycles. The number of benzene rings is 4. The van der Waals surface area contributed by atoms with Crippen LogP contribution < -0.4 is 4.74 Å². The zero-order valence-electron chi connectivity index (χ0n) is 17.8. The van der Waals surface area contributed by atoms with Gasteiger partial charge in [-0.05, 0) is 35.4 Å². The summed E-state index contributed by atoms with van der Waals surface area (Å²) in [5.41, 5.74) is 2.86. The lowest BCUT2D eigenvalue weighted by molar-refractivity contribution is 0.0793. The first-order valence-electron chi connectivity index (χ1n) is 10.6. The molecular weight excluding hydrogens is 396 g/mol. The first-order chi connectivity index (χ1) is 15.7. The van der Waals surface area contributed by atoms with Crippen LogP contribution in [0.1, 0.15) is 37.8 Å². The van der Waals surface area contributed by atoms with Gasteiger partial charge in [-0.2, -0.15) is 0 Å². The summed E-state index contributed by atoms with van der Waals surface area (Å²) in [6, 6.07) is 35.5. The molecule has 0 aliphatic heterocycles. The molecule has 0 N–H and O–H groups in total. The predicted octanol–water partition coefficient (Wildman–Crippen LogP) is 6.21. The van der Waals surface area contributed by atoms with E-state index >= 15 is 0 Å². The largest absolute Gasteiger partial charge is 0.497 e. The summed E-state index contributed by atoms with van der Waals surface area (Å²) in [5.74, 6) is -1.06. The van der Waals surface area contributed by atoms with Gasteiger partial charge in [0.25, 0.3) is 0 Å². The fourth-order valence-corrected chi connectivity index (χ4v) is 4.04. The molecule has 158 valence electrons. The minimum absolute atomic E-state index is 0.191. The molecule has 1 unspecified atom stereocenters. The second kappa shape index (κ2) is 9.88. The highest BCUT2D eigenvalue weighted by Crippen LogP contribution is 2.36. The van der Waals surface area contributed by atoms with E-state index in [0.717, 1.165) is 11.1 Å². The van der Waals surface area contributed by atoms with Crippen LogP contribution in [0.15, 0.2) is 115 Å². The summed E-state index contributed by atoms with van der Waals surface area (Å²) in [4.78, 5) is 27.7. The van der Waals surface area contributed by atoms with Crippen LogP contribution in [0.25, 0.3) is 0 Å². The second-order valence-electron chi connectivity index (χ2n) is 7.60. The lowest BCUT2D eigenvalue weighted by atomic mass is 9.73. The van der Waals surface area contributed by atoms with Crippen LogP contribution in [0.4, 0.5) is 0 Å². The number of carbonyl (C=O) groups is 2. The van der Waals surface area contributed by atoms with Gasteiger partial charge in [-0.1, -0.05) is 91.0 Å². The van der Waals surface area contributed by atoms with Crippen LogP contribution >= 0.6 is 0 Å². The van der Waals surface area contributed by atoms with E-state index in [4.69, 9.17) is 4.74 Å². The van der Waals surface area contributed by atoms with E-state index in [2.05, 4.69) is 0 Å². The maximum Gasteiger partial charge on any atom is 0.174 e. The number of methoxy groups -OCH3 is 1. The van der Waals surface area contributed by atoms with E-state index in [1.807, 2.05) is 78.9 Å². The summed E-state index contributed by atoms with van der Waals surface area (Å²) >= 11 is 0. The fraction of sp³-hybridized carbons (Fsp3) is 0.103. The first kappa shape index (κ1) is 21.3. The molecule has 4 aromatic rings. The lowest BCUT2D eigenvalue weighted by Gasteiger charge is -2.26. The average Bonchev–Trinajstić information content (AvgIpc) is 2.88. The Hall–Kier alpha value is -3.98. The lowest BCUT2D eigenvalue weighted by Crippen LogP contribution is -2.31. The van der Waals surface area contributed by atoms with Gasteiger partial charge in [0.1, 0.15) is 5.75 Å². The Balaban J connectivity index is 1.87. The maximum atomic E-state index is 13.9. The molecule has 0 saturated carbocycles. The Morgan fingerprint density at radius 3 is 1.41 bits per heavy atom. The van der Waals surface area contributed by atoms with E-state index in [0.29, 0.717) is 16.9 Å². The number of hydrogen-bond acceptors (Lipinski definition) is 3. The molecule has 0 heterocycles. The Bertz CT molecular complexity index is 1130. The van der Waals surface area contributed by atoms with Crippen LogP contribution in [-0.2, 0) is 0 Å². The first-order valence-corrected chi connectivity index (χ1v) is 10.6. The third kappa shape index (κ3) is 4.52. The van der Waals surface area contributed by atoms with Gasteiger partial charge in [-0.25, -0.2) is 0 Å². The molecule has 0 spiro atoms. The van der Waals surface area contributed by atoms with E-state index in [1.54, 1.807) is 43.5 Å². The number of hydrogen-bond donors (Lipinski definition) is 0. The molecule has 3 heteroatoms. The minimum Gasteiger partial charge on any atom is -0.497 e. The Morgan fingerprint density at radius 2 is 0.969 bits per heavy atom. The van der Waals surface area contributed by atoms with E-state index in [1.165, 1.54) is 0 Å². The number of ether oxygens (including phenoxy) is 1. The van der Waals surface area contributed by atoms with Crippen molar-refractivity contribution in [2.24, 2.45) is 5.92 Å². The average molecular weight is 421 g/mol. The van der Waals surface area contributed by atoms with Gasteiger partial charge in [0.05, 0.1) is 13.0 Å². The second-order valence-corrected chi connectivity index (χ2v) is 7.60. The van der Waals surface area contributed by atoms with Crippen LogP contribution in [-0.4, -0.2) is 18.7 Å². The summed E-state index contributed by atoms with van der Waals surface area (Å²) in [6.07, 6.45) is 0. The summed E-state index contributed by atoms with van der Waals surface area (Å²) in [7, 11) is 1.58.